The highest BCUT2D eigenvalue weighted by atomic mass is 35.5. The molecule has 0 aromatic heterocycles. The quantitative estimate of drug-likeness (QED) is 0.917. The Morgan fingerprint density at radius 2 is 1.90 bits per heavy atom. The summed E-state index contributed by atoms with van der Waals surface area (Å²) in [7, 11) is -2.51. The van der Waals surface area contributed by atoms with E-state index in [1.165, 1.54) is 25.3 Å². The Hall–Kier alpha value is -1.63. The van der Waals surface area contributed by atoms with Gasteiger partial charge < -0.3 is 4.74 Å². The molecule has 0 saturated heterocycles. The van der Waals surface area contributed by atoms with E-state index in [0.717, 1.165) is 6.07 Å². The summed E-state index contributed by atoms with van der Waals surface area (Å²) in [6, 6.07) is 10.1. The second-order valence-electron chi connectivity index (χ2n) is 4.18. The van der Waals surface area contributed by atoms with E-state index in [9.17, 15) is 12.8 Å². The lowest BCUT2D eigenvalue weighted by atomic mass is 10.2. The average molecular weight is 330 g/mol. The fourth-order valence-corrected chi connectivity index (χ4v) is 3.11. The van der Waals surface area contributed by atoms with E-state index >= 15 is 0 Å². The lowest BCUT2D eigenvalue weighted by Gasteiger charge is -2.12. The Morgan fingerprint density at radius 1 is 1.19 bits per heavy atom. The molecule has 2 aromatic rings. The van der Waals surface area contributed by atoms with Crippen LogP contribution in [-0.2, 0) is 16.6 Å². The fourth-order valence-electron chi connectivity index (χ4n) is 1.81. The summed E-state index contributed by atoms with van der Waals surface area (Å²) in [6.07, 6.45) is 0. The molecule has 0 unspecified atom stereocenters. The van der Waals surface area contributed by atoms with Crippen LogP contribution in [0.2, 0.25) is 5.02 Å². The van der Waals surface area contributed by atoms with Crippen molar-refractivity contribution in [2.75, 3.05) is 7.11 Å². The molecule has 0 amide bonds. The van der Waals surface area contributed by atoms with E-state index in [4.69, 9.17) is 16.3 Å². The summed E-state index contributed by atoms with van der Waals surface area (Å²) in [4.78, 5) is -0.406. The molecule has 2 aromatic carbocycles. The van der Waals surface area contributed by atoms with E-state index in [0.29, 0.717) is 16.3 Å². The highest BCUT2D eigenvalue weighted by Gasteiger charge is 2.19. The van der Waals surface area contributed by atoms with Crippen LogP contribution in [-0.4, -0.2) is 15.5 Å². The molecule has 1 N–H and O–H groups in total. The fraction of sp³-hybridized carbons (Fsp3) is 0.143. The number of halogens is 2. The molecule has 0 heterocycles. The van der Waals surface area contributed by atoms with Crippen LogP contribution in [0, 0.1) is 5.82 Å². The van der Waals surface area contributed by atoms with Crippen molar-refractivity contribution in [1.82, 2.24) is 4.72 Å². The Morgan fingerprint density at radius 3 is 2.57 bits per heavy atom. The van der Waals surface area contributed by atoms with Crippen molar-refractivity contribution >= 4 is 21.6 Å². The van der Waals surface area contributed by atoms with Crippen LogP contribution < -0.4 is 9.46 Å². The summed E-state index contributed by atoms with van der Waals surface area (Å²) in [6.45, 7) is -0.0977. The largest absolute Gasteiger partial charge is 0.496 e. The Bertz CT molecular complexity index is 750. The number of rotatable bonds is 5. The van der Waals surface area contributed by atoms with Crippen molar-refractivity contribution in [2.24, 2.45) is 0 Å². The number of nitrogens with one attached hydrogen (secondary N) is 1. The topological polar surface area (TPSA) is 55.4 Å². The predicted molar refractivity (Wildman–Crippen MR) is 78.4 cm³/mol. The Labute approximate surface area is 127 Å². The minimum absolute atomic E-state index is 0.0977. The smallest absolute Gasteiger partial charge is 0.243 e. The van der Waals surface area contributed by atoms with Crippen LogP contribution in [0.3, 0.4) is 0 Å². The lowest BCUT2D eigenvalue weighted by molar-refractivity contribution is 0.409. The van der Waals surface area contributed by atoms with Gasteiger partial charge in [0.15, 0.2) is 0 Å². The van der Waals surface area contributed by atoms with Gasteiger partial charge in [-0.05, 0) is 24.3 Å². The molecule has 4 nitrogen and oxygen atoms in total. The molecule has 112 valence electrons. The number of hydrogen-bond donors (Lipinski definition) is 1. The first-order valence-electron chi connectivity index (χ1n) is 6.01. The van der Waals surface area contributed by atoms with Crippen LogP contribution in [0.4, 0.5) is 4.39 Å². The predicted octanol–water partition coefficient (Wildman–Crippen LogP) is 2.97. The highest BCUT2D eigenvalue weighted by molar-refractivity contribution is 7.89. The van der Waals surface area contributed by atoms with Gasteiger partial charge in [-0.1, -0.05) is 29.8 Å². The minimum Gasteiger partial charge on any atom is -0.496 e. The molecule has 0 bridgehead atoms. The van der Waals surface area contributed by atoms with E-state index in [2.05, 4.69) is 4.72 Å². The summed E-state index contributed by atoms with van der Waals surface area (Å²) in [5.41, 5.74) is 0.488. The molecule has 7 heteroatoms. The van der Waals surface area contributed by atoms with Gasteiger partial charge in [0.1, 0.15) is 16.5 Å². The van der Waals surface area contributed by atoms with Crippen LogP contribution in [0.1, 0.15) is 5.56 Å². The Balaban J connectivity index is 2.26. The normalized spacial score (nSPS) is 11.4. The SMILES string of the molecule is COc1cccc(Cl)c1CNS(=O)(=O)c1ccccc1F. The van der Waals surface area contributed by atoms with E-state index in [-0.39, 0.29) is 6.54 Å². The zero-order valence-electron chi connectivity index (χ0n) is 11.1. The molecule has 0 atom stereocenters. The molecule has 0 radical (unpaired) electrons. The monoisotopic (exact) mass is 329 g/mol. The first kappa shape index (κ1) is 15.8. The van der Waals surface area contributed by atoms with Gasteiger partial charge in [0, 0.05) is 17.1 Å². The molecular weight excluding hydrogens is 317 g/mol. The summed E-state index contributed by atoms with van der Waals surface area (Å²) >= 11 is 6.03. The second-order valence-corrected chi connectivity index (χ2v) is 6.32. The van der Waals surface area contributed by atoms with Crippen molar-refractivity contribution in [3.8, 4) is 5.75 Å². The van der Waals surface area contributed by atoms with Gasteiger partial charge >= 0.3 is 0 Å². The molecule has 0 spiro atoms. The van der Waals surface area contributed by atoms with E-state index < -0.39 is 20.7 Å². The van der Waals surface area contributed by atoms with Gasteiger partial charge in [0.25, 0.3) is 0 Å². The molecule has 0 aliphatic rings. The van der Waals surface area contributed by atoms with E-state index in [1.807, 2.05) is 0 Å². The van der Waals surface area contributed by atoms with Crippen LogP contribution >= 0.6 is 11.6 Å². The van der Waals surface area contributed by atoms with Gasteiger partial charge in [-0.15, -0.1) is 0 Å². The summed E-state index contributed by atoms with van der Waals surface area (Å²) < 4.78 is 45.2. The van der Waals surface area contributed by atoms with Crippen LogP contribution in [0.25, 0.3) is 0 Å². The van der Waals surface area contributed by atoms with Crippen molar-refractivity contribution in [3.63, 3.8) is 0 Å². The van der Waals surface area contributed by atoms with Gasteiger partial charge in [-0.2, -0.15) is 0 Å². The van der Waals surface area contributed by atoms with Gasteiger partial charge in [-0.25, -0.2) is 17.5 Å². The van der Waals surface area contributed by atoms with Gasteiger partial charge in [0.2, 0.25) is 10.0 Å². The lowest BCUT2D eigenvalue weighted by Crippen LogP contribution is -2.24. The standard InChI is InChI=1S/C14H13ClFNO3S/c1-20-13-7-4-5-11(15)10(13)9-17-21(18,19)14-8-3-2-6-12(14)16/h2-8,17H,9H2,1H3. The summed E-state index contributed by atoms with van der Waals surface area (Å²) in [5, 5.41) is 0.366. The van der Waals surface area contributed by atoms with Crippen LogP contribution in [0.5, 0.6) is 5.75 Å². The molecule has 21 heavy (non-hydrogen) atoms. The zero-order chi connectivity index (χ0) is 15.5. The first-order chi connectivity index (χ1) is 9.95. The average Bonchev–Trinajstić information content (AvgIpc) is 2.46. The summed E-state index contributed by atoms with van der Waals surface area (Å²) in [5.74, 6) is -0.352. The number of ether oxygens (including phenoxy) is 1. The molecule has 0 saturated carbocycles. The third-order valence-electron chi connectivity index (χ3n) is 2.86. The molecule has 0 aliphatic carbocycles. The maximum atomic E-state index is 13.6. The van der Waals surface area contributed by atoms with Crippen molar-refractivity contribution in [2.45, 2.75) is 11.4 Å². The molecule has 0 aliphatic heterocycles. The maximum absolute atomic E-state index is 13.6. The van der Waals surface area contributed by atoms with Crippen molar-refractivity contribution in [1.29, 1.82) is 0 Å². The minimum atomic E-state index is -3.97. The van der Waals surface area contributed by atoms with E-state index in [1.54, 1.807) is 18.2 Å². The molecule has 0 fully saturated rings. The highest BCUT2D eigenvalue weighted by Crippen LogP contribution is 2.26. The van der Waals surface area contributed by atoms with Gasteiger partial charge in [0.05, 0.1) is 7.11 Å². The maximum Gasteiger partial charge on any atom is 0.243 e. The number of benzene rings is 2. The number of sulfonamides is 1. The third kappa shape index (κ3) is 3.53. The zero-order valence-corrected chi connectivity index (χ0v) is 12.7. The third-order valence-corrected chi connectivity index (χ3v) is 4.65. The van der Waals surface area contributed by atoms with Gasteiger partial charge in [-0.3, -0.25) is 0 Å². The number of hydrogen-bond acceptors (Lipinski definition) is 3. The van der Waals surface area contributed by atoms with Crippen LogP contribution in [0.15, 0.2) is 47.4 Å². The van der Waals surface area contributed by atoms with Crippen molar-refractivity contribution < 1.29 is 17.5 Å². The number of methoxy groups -OCH3 is 1. The second kappa shape index (κ2) is 6.43. The molecule has 2 rings (SSSR count). The van der Waals surface area contributed by atoms with Crippen molar-refractivity contribution in [3.05, 3.63) is 58.9 Å². The first-order valence-corrected chi connectivity index (χ1v) is 7.87. The Kier molecular flexibility index (Phi) is 4.82. The molecular formula is C14H13ClFNO3S.